The van der Waals surface area contributed by atoms with Crippen LogP contribution in [0.2, 0.25) is 5.02 Å². The second kappa shape index (κ2) is 7.95. The normalized spacial score (nSPS) is 11.5. The molecule has 0 aromatic heterocycles. The first kappa shape index (κ1) is 17.2. The van der Waals surface area contributed by atoms with Crippen LogP contribution in [0, 0.1) is 0 Å². The SMILES string of the molecule is CC/C(=N\NC(=O)Cc1cccc2ccccc12)c1cccc(Cl)c1. The Bertz CT molecular complexity index is 929. The van der Waals surface area contributed by atoms with E-state index in [-0.39, 0.29) is 12.3 Å². The van der Waals surface area contributed by atoms with Crippen molar-refractivity contribution in [2.45, 2.75) is 19.8 Å². The molecule has 0 bridgehead atoms. The van der Waals surface area contributed by atoms with Crippen molar-refractivity contribution in [3.05, 3.63) is 82.9 Å². The number of hydrazone groups is 1. The average Bonchev–Trinajstić information content (AvgIpc) is 2.63. The maximum absolute atomic E-state index is 12.3. The first-order chi connectivity index (χ1) is 12.2. The van der Waals surface area contributed by atoms with Gasteiger partial charge in [0, 0.05) is 5.02 Å². The third-order valence-electron chi connectivity index (χ3n) is 4.04. The van der Waals surface area contributed by atoms with E-state index >= 15 is 0 Å². The molecule has 0 aliphatic heterocycles. The van der Waals surface area contributed by atoms with Crippen LogP contribution in [0.1, 0.15) is 24.5 Å². The Hall–Kier alpha value is -2.65. The molecule has 4 heteroatoms. The van der Waals surface area contributed by atoms with Gasteiger partial charge < -0.3 is 0 Å². The van der Waals surface area contributed by atoms with Gasteiger partial charge in [0.25, 0.3) is 0 Å². The quantitative estimate of drug-likeness (QED) is 0.512. The highest BCUT2D eigenvalue weighted by atomic mass is 35.5. The number of nitrogens with one attached hydrogen (secondary N) is 1. The fourth-order valence-electron chi connectivity index (χ4n) is 2.80. The lowest BCUT2D eigenvalue weighted by molar-refractivity contribution is -0.120. The van der Waals surface area contributed by atoms with Crippen molar-refractivity contribution in [3.8, 4) is 0 Å². The van der Waals surface area contributed by atoms with Crippen LogP contribution in [0.25, 0.3) is 10.8 Å². The van der Waals surface area contributed by atoms with Gasteiger partial charge in [-0.2, -0.15) is 5.10 Å². The number of carbonyl (C=O) groups excluding carboxylic acids is 1. The van der Waals surface area contributed by atoms with Gasteiger partial charge in [0.2, 0.25) is 5.91 Å². The zero-order valence-corrected chi connectivity index (χ0v) is 14.8. The number of carbonyl (C=O) groups is 1. The Labute approximate surface area is 152 Å². The van der Waals surface area contributed by atoms with Crippen LogP contribution in [0.4, 0.5) is 0 Å². The predicted octanol–water partition coefficient (Wildman–Crippen LogP) is 4.97. The van der Waals surface area contributed by atoms with Gasteiger partial charge in [0.15, 0.2) is 0 Å². The van der Waals surface area contributed by atoms with Crippen LogP contribution in [-0.2, 0) is 11.2 Å². The standard InChI is InChI=1S/C21H19ClN2O/c1-2-20(17-10-6-11-18(22)13-17)23-24-21(25)14-16-9-5-8-15-7-3-4-12-19(15)16/h3-13H,2,14H2,1H3,(H,24,25)/b23-20+. The van der Waals surface area contributed by atoms with Crippen LogP contribution < -0.4 is 5.43 Å². The van der Waals surface area contributed by atoms with E-state index in [1.165, 1.54) is 0 Å². The molecule has 3 aromatic carbocycles. The number of fused-ring (bicyclic) bond motifs is 1. The summed E-state index contributed by atoms with van der Waals surface area (Å²) in [5.41, 5.74) is 5.38. The summed E-state index contributed by atoms with van der Waals surface area (Å²) in [6.07, 6.45) is 0.992. The molecule has 1 amide bonds. The van der Waals surface area contributed by atoms with E-state index in [9.17, 15) is 4.79 Å². The van der Waals surface area contributed by atoms with Crippen LogP contribution >= 0.6 is 11.6 Å². The Morgan fingerprint density at radius 1 is 1.04 bits per heavy atom. The molecule has 3 rings (SSSR count). The molecule has 0 atom stereocenters. The Morgan fingerprint density at radius 2 is 1.80 bits per heavy atom. The third kappa shape index (κ3) is 4.25. The second-order valence-electron chi connectivity index (χ2n) is 5.77. The highest BCUT2D eigenvalue weighted by Crippen LogP contribution is 2.19. The highest BCUT2D eigenvalue weighted by Gasteiger charge is 2.07. The van der Waals surface area contributed by atoms with Gasteiger partial charge in [-0.15, -0.1) is 0 Å². The van der Waals surface area contributed by atoms with Crippen LogP contribution in [0.15, 0.2) is 71.8 Å². The summed E-state index contributed by atoms with van der Waals surface area (Å²) in [6, 6.07) is 21.5. The number of hydrogen-bond acceptors (Lipinski definition) is 2. The molecular formula is C21H19ClN2O. The summed E-state index contributed by atoms with van der Waals surface area (Å²) < 4.78 is 0. The molecule has 0 aliphatic rings. The van der Waals surface area contributed by atoms with Gasteiger partial charge in [-0.1, -0.05) is 73.1 Å². The number of nitrogens with zero attached hydrogens (tertiary/aromatic N) is 1. The van der Waals surface area contributed by atoms with Gasteiger partial charge in [0.05, 0.1) is 12.1 Å². The highest BCUT2D eigenvalue weighted by molar-refractivity contribution is 6.31. The monoisotopic (exact) mass is 350 g/mol. The molecule has 3 nitrogen and oxygen atoms in total. The number of hydrogen-bond donors (Lipinski definition) is 1. The van der Waals surface area contributed by atoms with Crippen LogP contribution in [0.5, 0.6) is 0 Å². The number of halogens is 1. The summed E-state index contributed by atoms with van der Waals surface area (Å²) in [5.74, 6) is -0.135. The Balaban J connectivity index is 1.75. The summed E-state index contributed by atoms with van der Waals surface area (Å²) in [7, 11) is 0. The lowest BCUT2D eigenvalue weighted by Gasteiger charge is -2.08. The van der Waals surface area contributed by atoms with E-state index in [4.69, 9.17) is 11.6 Å². The Kier molecular flexibility index (Phi) is 5.46. The van der Waals surface area contributed by atoms with Gasteiger partial charge in [0.1, 0.15) is 0 Å². The van der Waals surface area contributed by atoms with E-state index in [1.54, 1.807) is 0 Å². The summed E-state index contributed by atoms with van der Waals surface area (Å²) in [4.78, 5) is 12.3. The number of rotatable bonds is 5. The van der Waals surface area contributed by atoms with Gasteiger partial charge in [-0.25, -0.2) is 5.43 Å². The molecule has 0 spiro atoms. The topological polar surface area (TPSA) is 41.5 Å². The second-order valence-corrected chi connectivity index (χ2v) is 6.21. The number of benzene rings is 3. The lowest BCUT2D eigenvalue weighted by Crippen LogP contribution is -2.22. The van der Waals surface area contributed by atoms with Crippen molar-refractivity contribution >= 4 is 34.0 Å². The maximum Gasteiger partial charge on any atom is 0.244 e. The van der Waals surface area contributed by atoms with Crippen molar-refractivity contribution in [1.82, 2.24) is 5.43 Å². The van der Waals surface area contributed by atoms with Crippen LogP contribution in [-0.4, -0.2) is 11.6 Å². The molecular weight excluding hydrogens is 332 g/mol. The fourth-order valence-corrected chi connectivity index (χ4v) is 2.99. The molecule has 1 N–H and O–H groups in total. The van der Waals surface area contributed by atoms with E-state index in [2.05, 4.69) is 10.5 Å². The predicted molar refractivity (Wildman–Crippen MR) is 104 cm³/mol. The minimum atomic E-state index is -0.135. The van der Waals surface area contributed by atoms with E-state index in [0.717, 1.165) is 27.6 Å². The first-order valence-electron chi connectivity index (χ1n) is 8.25. The minimum Gasteiger partial charge on any atom is -0.273 e. The van der Waals surface area contributed by atoms with Crippen LogP contribution in [0.3, 0.4) is 0 Å². The minimum absolute atomic E-state index is 0.135. The number of amides is 1. The third-order valence-corrected chi connectivity index (χ3v) is 4.27. The molecule has 3 aromatic rings. The smallest absolute Gasteiger partial charge is 0.244 e. The molecule has 0 aliphatic carbocycles. The van der Waals surface area contributed by atoms with Gasteiger partial charge in [-0.05, 0) is 40.5 Å². The summed E-state index contributed by atoms with van der Waals surface area (Å²) in [5, 5.41) is 7.16. The molecule has 0 unspecified atom stereocenters. The van der Waals surface area contributed by atoms with Crippen molar-refractivity contribution in [2.24, 2.45) is 5.10 Å². The van der Waals surface area contributed by atoms with Crippen molar-refractivity contribution in [3.63, 3.8) is 0 Å². The Morgan fingerprint density at radius 3 is 2.60 bits per heavy atom. The van der Waals surface area contributed by atoms with Crippen molar-refractivity contribution in [1.29, 1.82) is 0 Å². The van der Waals surface area contributed by atoms with E-state index < -0.39 is 0 Å². The van der Waals surface area contributed by atoms with E-state index in [1.807, 2.05) is 73.7 Å². The lowest BCUT2D eigenvalue weighted by atomic mass is 10.0. The average molecular weight is 351 g/mol. The fraction of sp³-hybridized carbons (Fsp3) is 0.143. The maximum atomic E-state index is 12.3. The zero-order chi connectivity index (χ0) is 17.6. The first-order valence-corrected chi connectivity index (χ1v) is 8.63. The summed E-state index contributed by atoms with van der Waals surface area (Å²) in [6.45, 7) is 2.00. The largest absolute Gasteiger partial charge is 0.273 e. The molecule has 25 heavy (non-hydrogen) atoms. The molecule has 126 valence electrons. The van der Waals surface area contributed by atoms with Gasteiger partial charge in [-0.3, -0.25) is 4.79 Å². The zero-order valence-electron chi connectivity index (χ0n) is 14.0. The van der Waals surface area contributed by atoms with Gasteiger partial charge >= 0.3 is 0 Å². The molecule has 0 radical (unpaired) electrons. The molecule has 0 saturated carbocycles. The molecule has 0 heterocycles. The summed E-state index contributed by atoms with van der Waals surface area (Å²) >= 11 is 6.03. The molecule has 0 saturated heterocycles. The van der Waals surface area contributed by atoms with E-state index in [0.29, 0.717) is 11.4 Å². The van der Waals surface area contributed by atoms with Crippen molar-refractivity contribution in [2.75, 3.05) is 0 Å². The molecule has 0 fully saturated rings. The van der Waals surface area contributed by atoms with Crippen molar-refractivity contribution < 1.29 is 4.79 Å².